The van der Waals surface area contributed by atoms with Crippen LogP contribution >= 0.6 is 0 Å². The first-order valence-electron chi connectivity index (χ1n) is 8.06. The second-order valence-electron chi connectivity index (χ2n) is 5.53. The fourth-order valence-corrected chi connectivity index (χ4v) is 2.17. The second-order valence-corrected chi connectivity index (χ2v) is 5.53. The molecule has 1 amide bonds. The molecule has 0 aliphatic carbocycles. The lowest BCUT2D eigenvalue weighted by molar-refractivity contribution is -0.388. The fourth-order valence-electron chi connectivity index (χ4n) is 2.17. The van der Waals surface area contributed by atoms with E-state index in [1.54, 1.807) is 0 Å². The number of hydrogen-bond donors (Lipinski definition) is 1. The van der Waals surface area contributed by atoms with Crippen molar-refractivity contribution in [2.45, 2.75) is 19.2 Å². The Labute approximate surface area is 158 Å². The van der Waals surface area contributed by atoms with Gasteiger partial charge in [-0.05, 0) is 17.7 Å². The summed E-state index contributed by atoms with van der Waals surface area (Å²) in [6, 6.07) is 11.6. The maximum absolute atomic E-state index is 12.7. The van der Waals surface area contributed by atoms with Gasteiger partial charge in [0.15, 0.2) is 0 Å². The summed E-state index contributed by atoms with van der Waals surface area (Å²) in [5.74, 6) is 5.17. The number of hydrogen-bond acceptors (Lipinski definition) is 4. The average Bonchev–Trinajstić information content (AvgIpc) is 2.66. The zero-order chi connectivity index (χ0) is 20.6. The van der Waals surface area contributed by atoms with Crippen LogP contribution in [0.5, 0.6) is 0 Å². The Bertz CT molecular complexity index is 903. The van der Waals surface area contributed by atoms with Gasteiger partial charge in [0.2, 0.25) is 0 Å². The molecule has 0 aliphatic heterocycles. The van der Waals surface area contributed by atoms with Crippen molar-refractivity contribution in [1.29, 1.82) is 0 Å². The number of nitro benzene ring substituents is 1. The summed E-state index contributed by atoms with van der Waals surface area (Å²) < 4.78 is 43.2. The molecule has 0 radical (unpaired) electrons. The molecule has 1 N–H and O–H groups in total. The fraction of sp³-hybridized carbons (Fsp3) is 0.211. The zero-order valence-electron chi connectivity index (χ0n) is 14.5. The summed E-state index contributed by atoms with van der Waals surface area (Å²) in [6.07, 6.45) is -5.26. The standard InChI is InChI=1S/C19H15F3N2O4/c20-19(21,22)16-10-9-14(12-17(16)24(26)27)6-4-5-11-23-18(25)28-13-15-7-2-1-3-8-15/h1-3,7-10,12H,5,11,13H2,(H,23,25). The molecular weight excluding hydrogens is 377 g/mol. The number of alkyl carbamates (subject to hydrolysis) is 1. The van der Waals surface area contributed by atoms with Crippen molar-refractivity contribution in [3.8, 4) is 11.8 Å². The van der Waals surface area contributed by atoms with Crippen molar-refractivity contribution in [3.05, 3.63) is 75.3 Å². The number of nitrogens with zero attached hydrogens (tertiary/aromatic N) is 1. The number of nitrogens with one attached hydrogen (secondary N) is 1. The Morgan fingerprint density at radius 1 is 1.18 bits per heavy atom. The number of amides is 1. The van der Waals surface area contributed by atoms with E-state index in [0.29, 0.717) is 6.07 Å². The van der Waals surface area contributed by atoms with Crippen molar-refractivity contribution in [2.75, 3.05) is 6.54 Å². The third kappa shape index (κ3) is 6.32. The molecule has 9 heteroatoms. The van der Waals surface area contributed by atoms with Crippen LogP contribution in [0.15, 0.2) is 48.5 Å². The lowest BCUT2D eigenvalue weighted by Gasteiger charge is -2.07. The van der Waals surface area contributed by atoms with Gasteiger partial charge in [0, 0.05) is 24.6 Å². The molecule has 0 saturated carbocycles. The first-order valence-corrected chi connectivity index (χ1v) is 8.06. The molecule has 0 bridgehead atoms. The van der Waals surface area contributed by atoms with Crippen molar-refractivity contribution in [3.63, 3.8) is 0 Å². The maximum atomic E-state index is 12.7. The van der Waals surface area contributed by atoms with Gasteiger partial charge >= 0.3 is 12.3 Å². The number of carbonyl (C=O) groups excluding carboxylic acids is 1. The summed E-state index contributed by atoms with van der Waals surface area (Å²) in [4.78, 5) is 21.3. The minimum Gasteiger partial charge on any atom is -0.445 e. The topological polar surface area (TPSA) is 81.5 Å². The highest BCUT2D eigenvalue weighted by molar-refractivity contribution is 5.67. The molecule has 0 spiro atoms. The minimum absolute atomic E-state index is 0.0753. The highest BCUT2D eigenvalue weighted by Crippen LogP contribution is 2.36. The van der Waals surface area contributed by atoms with E-state index in [0.717, 1.165) is 17.7 Å². The van der Waals surface area contributed by atoms with Gasteiger partial charge in [-0.1, -0.05) is 42.2 Å². The van der Waals surface area contributed by atoms with Crippen LogP contribution in [-0.2, 0) is 17.5 Å². The number of carbonyl (C=O) groups is 1. The Kier molecular flexibility index (Phi) is 6.98. The largest absolute Gasteiger partial charge is 0.445 e. The normalized spacial score (nSPS) is 10.5. The summed E-state index contributed by atoms with van der Waals surface area (Å²) >= 11 is 0. The number of benzene rings is 2. The van der Waals surface area contributed by atoms with Crippen molar-refractivity contribution in [2.24, 2.45) is 0 Å². The molecule has 2 rings (SSSR count). The number of nitro groups is 1. The van der Waals surface area contributed by atoms with Gasteiger partial charge in [-0.3, -0.25) is 10.1 Å². The Balaban J connectivity index is 1.85. The Morgan fingerprint density at radius 2 is 1.89 bits per heavy atom. The van der Waals surface area contributed by atoms with Crippen molar-refractivity contribution in [1.82, 2.24) is 5.32 Å². The predicted octanol–water partition coefficient (Wildman–Crippen LogP) is 4.28. The van der Waals surface area contributed by atoms with E-state index >= 15 is 0 Å². The van der Waals surface area contributed by atoms with Gasteiger partial charge in [0.25, 0.3) is 5.69 Å². The first kappa shape index (κ1) is 20.8. The van der Waals surface area contributed by atoms with E-state index in [1.165, 1.54) is 0 Å². The molecule has 0 saturated heterocycles. The van der Waals surface area contributed by atoms with Crippen LogP contribution in [0.2, 0.25) is 0 Å². The van der Waals surface area contributed by atoms with Crippen LogP contribution in [0.4, 0.5) is 23.7 Å². The van der Waals surface area contributed by atoms with Crippen LogP contribution in [0.25, 0.3) is 0 Å². The van der Waals surface area contributed by atoms with E-state index in [9.17, 15) is 28.1 Å². The quantitative estimate of drug-likeness (QED) is 0.356. The molecule has 0 aliphatic rings. The molecular formula is C19H15F3N2O4. The van der Waals surface area contributed by atoms with E-state index in [2.05, 4.69) is 17.2 Å². The molecule has 0 heterocycles. The van der Waals surface area contributed by atoms with Gasteiger partial charge < -0.3 is 10.1 Å². The molecule has 2 aromatic rings. The van der Waals surface area contributed by atoms with E-state index in [-0.39, 0.29) is 25.1 Å². The number of halogens is 3. The lowest BCUT2D eigenvalue weighted by Crippen LogP contribution is -2.24. The summed E-state index contributed by atoms with van der Waals surface area (Å²) in [5.41, 5.74) is -1.47. The van der Waals surface area contributed by atoms with Crippen LogP contribution in [0.1, 0.15) is 23.1 Å². The van der Waals surface area contributed by atoms with Crippen molar-refractivity contribution < 1.29 is 27.6 Å². The van der Waals surface area contributed by atoms with Gasteiger partial charge in [0.05, 0.1) is 4.92 Å². The molecule has 0 fully saturated rings. The third-order valence-corrected chi connectivity index (χ3v) is 3.46. The van der Waals surface area contributed by atoms with Gasteiger partial charge in [-0.2, -0.15) is 13.2 Å². The highest BCUT2D eigenvalue weighted by Gasteiger charge is 2.38. The minimum atomic E-state index is -4.82. The Morgan fingerprint density at radius 3 is 2.54 bits per heavy atom. The SMILES string of the molecule is O=C(NCCC#Cc1ccc(C(F)(F)F)c([N+](=O)[O-])c1)OCc1ccccc1. The molecule has 0 aromatic heterocycles. The zero-order valence-corrected chi connectivity index (χ0v) is 14.5. The van der Waals surface area contributed by atoms with Crippen LogP contribution in [0, 0.1) is 22.0 Å². The van der Waals surface area contributed by atoms with Crippen LogP contribution in [0.3, 0.4) is 0 Å². The summed E-state index contributed by atoms with van der Waals surface area (Å²) in [6.45, 7) is 0.275. The highest BCUT2D eigenvalue weighted by atomic mass is 19.4. The van der Waals surface area contributed by atoms with Crippen LogP contribution < -0.4 is 5.32 Å². The predicted molar refractivity (Wildman–Crippen MR) is 94.2 cm³/mol. The molecule has 6 nitrogen and oxygen atoms in total. The maximum Gasteiger partial charge on any atom is 0.422 e. The number of rotatable bonds is 5. The molecule has 28 heavy (non-hydrogen) atoms. The van der Waals surface area contributed by atoms with E-state index < -0.39 is 28.4 Å². The van der Waals surface area contributed by atoms with Gasteiger partial charge in [-0.25, -0.2) is 4.79 Å². The molecule has 0 unspecified atom stereocenters. The monoisotopic (exact) mass is 392 g/mol. The van der Waals surface area contributed by atoms with Gasteiger partial charge in [-0.15, -0.1) is 0 Å². The molecule has 0 atom stereocenters. The summed E-state index contributed by atoms with van der Waals surface area (Å²) in [5, 5.41) is 13.3. The summed E-state index contributed by atoms with van der Waals surface area (Å²) in [7, 11) is 0. The second kappa shape index (κ2) is 9.41. The lowest BCUT2D eigenvalue weighted by atomic mass is 10.1. The van der Waals surface area contributed by atoms with Crippen LogP contribution in [-0.4, -0.2) is 17.6 Å². The van der Waals surface area contributed by atoms with Gasteiger partial charge in [0.1, 0.15) is 12.2 Å². The third-order valence-electron chi connectivity index (χ3n) is 3.46. The molecule has 2 aromatic carbocycles. The molecule has 146 valence electrons. The van der Waals surface area contributed by atoms with E-state index in [4.69, 9.17) is 4.74 Å². The smallest absolute Gasteiger partial charge is 0.422 e. The first-order chi connectivity index (χ1) is 13.3. The van der Waals surface area contributed by atoms with E-state index in [1.807, 2.05) is 30.3 Å². The number of ether oxygens (including phenoxy) is 1. The Hall–Kier alpha value is -3.54. The number of alkyl halides is 3. The average molecular weight is 392 g/mol. The van der Waals surface area contributed by atoms with Crippen molar-refractivity contribution >= 4 is 11.8 Å².